The van der Waals surface area contributed by atoms with Crippen LogP contribution in [0.1, 0.15) is 55.8 Å². The molecule has 154 valence electrons. The van der Waals surface area contributed by atoms with Gasteiger partial charge in [-0.3, -0.25) is 0 Å². The van der Waals surface area contributed by atoms with Crippen LogP contribution in [0.15, 0.2) is 46.1 Å². The van der Waals surface area contributed by atoms with E-state index in [9.17, 15) is 8.42 Å². The lowest BCUT2D eigenvalue weighted by molar-refractivity contribution is 0.270. The molecule has 0 bridgehead atoms. The highest BCUT2D eigenvalue weighted by molar-refractivity contribution is 7.89. The SMILES string of the molecule is Cc1ccc(-n2cccn2)cc1S(=O)(=O)N1CCC(c2nc(C(C)C)no2)CC1. The second-order valence-electron chi connectivity index (χ2n) is 7.72. The first kappa shape index (κ1) is 19.8. The van der Waals surface area contributed by atoms with Crippen molar-refractivity contribution in [3.8, 4) is 5.69 Å². The van der Waals surface area contributed by atoms with Crippen LogP contribution in [-0.4, -0.2) is 45.7 Å². The fourth-order valence-electron chi connectivity index (χ4n) is 3.56. The van der Waals surface area contributed by atoms with Gasteiger partial charge in [-0.1, -0.05) is 25.1 Å². The summed E-state index contributed by atoms with van der Waals surface area (Å²) in [5.74, 6) is 1.61. The van der Waals surface area contributed by atoms with Crippen LogP contribution in [0.3, 0.4) is 0 Å². The number of benzene rings is 1. The minimum atomic E-state index is -3.59. The normalized spacial score (nSPS) is 16.6. The summed E-state index contributed by atoms with van der Waals surface area (Å²) >= 11 is 0. The number of rotatable bonds is 5. The molecule has 0 amide bonds. The minimum Gasteiger partial charge on any atom is -0.339 e. The molecule has 4 rings (SSSR count). The lowest BCUT2D eigenvalue weighted by Crippen LogP contribution is -2.38. The van der Waals surface area contributed by atoms with Crippen molar-refractivity contribution in [2.75, 3.05) is 13.1 Å². The van der Waals surface area contributed by atoms with Gasteiger partial charge in [-0.25, -0.2) is 13.1 Å². The quantitative estimate of drug-likeness (QED) is 0.635. The van der Waals surface area contributed by atoms with Crippen molar-refractivity contribution < 1.29 is 12.9 Å². The molecule has 1 aromatic carbocycles. The number of hydrogen-bond donors (Lipinski definition) is 0. The maximum atomic E-state index is 13.3. The van der Waals surface area contributed by atoms with Gasteiger partial charge in [0, 0.05) is 37.3 Å². The smallest absolute Gasteiger partial charge is 0.243 e. The molecule has 0 radical (unpaired) electrons. The van der Waals surface area contributed by atoms with E-state index in [2.05, 4.69) is 15.2 Å². The van der Waals surface area contributed by atoms with Crippen LogP contribution in [-0.2, 0) is 10.0 Å². The van der Waals surface area contributed by atoms with Crippen molar-refractivity contribution in [3.05, 3.63) is 53.9 Å². The van der Waals surface area contributed by atoms with Gasteiger partial charge in [0.15, 0.2) is 5.82 Å². The van der Waals surface area contributed by atoms with Gasteiger partial charge in [0.2, 0.25) is 15.9 Å². The lowest BCUT2D eigenvalue weighted by Gasteiger charge is -2.30. The highest BCUT2D eigenvalue weighted by atomic mass is 32.2. The summed E-state index contributed by atoms with van der Waals surface area (Å²) in [6.07, 6.45) is 4.79. The maximum absolute atomic E-state index is 13.3. The molecule has 29 heavy (non-hydrogen) atoms. The molecule has 0 atom stereocenters. The molecule has 8 nitrogen and oxygen atoms in total. The van der Waals surface area contributed by atoms with Crippen LogP contribution < -0.4 is 0 Å². The van der Waals surface area contributed by atoms with Crippen LogP contribution >= 0.6 is 0 Å². The highest BCUT2D eigenvalue weighted by Crippen LogP contribution is 2.31. The van der Waals surface area contributed by atoms with Crippen molar-refractivity contribution in [2.45, 2.75) is 50.3 Å². The molecular formula is C20H25N5O3S. The Morgan fingerprint density at radius 1 is 1.21 bits per heavy atom. The number of piperidine rings is 1. The Balaban J connectivity index is 1.52. The van der Waals surface area contributed by atoms with E-state index in [4.69, 9.17) is 4.52 Å². The Hall–Kier alpha value is -2.52. The topological polar surface area (TPSA) is 94.1 Å². The third-order valence-electron chi connectivity index (χ3n) is 5.34. The molecule has 0 spiro atoms. The molecule has 1 aliphatic rings. The maximum Gasteiger partial charge on any atom is 0.243 e. The second-order valence-corrected chi connectivity index (χ2v) is 9.63. The molecule has 0 aliphatic carbocycles. The molecular weight excluding hydrogens is 390 g/mol. The number of aromatic nitrogens is 4. The molecule has 3 heterocycles. The Labute approximate surface area is 170 Å². The fraction of sp³-hybridized carbons (Fsp3) is 0.450. The van der Waals surface area contributed by atoms with Gasteiger partial charge in [-0.05, 0) is 43.5 Å². The molecule has 1 fully saturated rings. The number of aryl methyl sites for hydroxylation is 1. The van der Waals surface area contributed by atoms with Crippen LogP contribution in [0.2, 0.25) is 0 Å². The summed E-state index contributed by atoms with van der Waals surface area (Å²) < 4.78 is 35.2. The summed E-state index contributed by atoms with van der Waals surface area (Å²) in [5, 5.41) is 8.22. The van der Waals surface area contributed by atoms with Crippen molar-refractivity contribution in [2.24, 2.45) is 0 Å². The van der Waals surface area contributed by atoms with Gasteiger partial charge in [-0.2, -0.15) is 14.4 Å². The van der Waals surface area contributed by atoms with Crippen LogP contribution in [0, 0.1) is 6.92 Å². The van der Waals surface area contributed by atoms with E-state index in [0.29, 0.717) is 42.5 Å². The second kappa shape index (κ2) is 7.72. The van der Waals surface area contributed by atoms with Crippen molar-refractivity contribution in [1.29, 1.82) is 0 Å². The molecule has 0 unspecified atom stereocenters. The van der Waals surface area contributed by atoms with Gasteiger partial charge < -0.3 is 4.52 Å². The minimum absolute atomic E-state index is 0.0953. The van der Waals surface area contributed by atoms with E-state index < -0.39 is 10.0 Å². The van der Waals surface area contributed by atoms with Crippen LogP contribution in [0.25, 0.3) is 5.69 Å². The summed E-state index contributed by atoms with van der Waals surface area (Å²) in [6, 6.07) is 7.19. The van der Waals surface area contributed by atoms with Gasteiger partial charge in [0.05, 0.1) is 10.6 Å². The number of sulfonamides is 1. The van der Waals surface area contributed by atoms with Crippen LogP contribution in [0.5, 0.6) is 0 Å². The van der Waals surface area contributed by atoms with E-state index in [-0.39, 0.29) is 11.8 Å². The predicted octanol–water partition coefficient (Wildman–Crippen LogP) is 3.26. The summed E-state index contributed by atoms with van der Waals surface area (Å²) in [4.78, 5) is 4.80. The van der Waals surface area contributed by atoms with Gasteiger partial charge in [0.1, 0.15) is 0 Å². The lowest BCUT2D eigenvalue weighted by atomic mass is 9.98. The largest absolute Gasteiger partial charge is 0.339 e. The zero-order valence-electron chi connectivity index (χ0n) is 16.8. The third kappa shape index (κ3) is 3.84. The number of hydrogen-bond acceptors (Lipinski definition) is 6. The van der Waals surface area contributed by atoms with E-state index in [1.807, 2.05) is 32.9 Å². The Kier molecular flexibility index (Phi) is 5.26. The van der Waals surface area contributed by atoms with E-state index in [1.165, 1.54) is 0 Å². The average molecular weight is 416 g/mol. The van der Waals surface area contributed by atoms with Crippen LogP contribution in [0.4, 0.5) is 0 Å². The molecule has 3 aromatic rings. The zero-order valence-corrected chi connectivity index (χ0v) is 17.6. The van der Waals surface area contributed by atoms with E-state index in [1.54, 1.807) is 33.5 Å². The first-order valence-electron chi connectivity index (χ1n) is 9.80. The monoisotopic (exact) mass is 415 g/mol. The Bertz CT molecular complexity index is 1080. The first-order valence-corrected chi connectivity index (χ1v) is 11.2. The van der Waals surface area contributed by atoms with Crippen molar-refractivity contribution >= 4 is 10.0 Å². The fourth-order valence-corrected chi connectivity index (χ4v) is 5.27. The molecule has 9 heteroatoms. The summed E-state index contributed by atoms with van der Waals surface area (Å²) in [6.45, 7) is 6.71. The van der Waals surface area contributed by atoms with E-state index >= 15 is 0 Å². The average Bonchev–Trinajstić information content (AvgIpc) is 3.41. The molecule has 2 aromatic heterocycles. The summed E-state index contributed by atoms with van der Waals surface area (Å²) in [7, 11) is -3.59. The van der Waals surface area contributed by atoms with Gasteiger partial charge in [-0.15, -0.1) is 0 Å². The first-order chi connectivity index (χ1) is 13.9. The highest BCUT2D eigenvalue weighted by Gasteiger charge is 2.33. The third-order valence-corrected chi connectivity index (χ3v) is 7.38. The molecule has 0 N–H and O–H groups in total. The molecule has 1 saturated heterocycles. The molecule has 0 saturated carbocycles. The Morgan fingerprint density at radius 2 is 1.97 bits per heavy atom. The van der Waals surface area contributed by atoms with Gasteiger partial charge >= 0.3 is 0 Å². The Morgan fingerprint density at radius 3 is 2.59 bits per heavy atom. The van der Waals surface area contributed by atoms with E-state index in [0.717, 1.165) is 11.3 Å². The zero-order chi connectivity index (χ0) is 20.6. The molecule has 1 aliphatic heterocycles. The van der Waals surface area contributed by atoms with Gasteiger partial charge in [0.25, 0.3) is 0 Å². The van der Waals surface area contributed by atoms with Crippen molar-refractivity contribution in [3.63, 3.8) is 0 Å². The predicted molar refractivity (Wildman–Crippen MR) is 107 cm³/mol. The van der Waals surface area contributed by atoms with Crippen molar-refractivity contribution in [1.82, 2.24) is 24.2 Å². The standard InChI is InChI=1S/C20H25N5O3S/c1-14(2)19-22-20(28-23-19)16-7-11-24(12-8-16)29(26,27)18-13-17(6-5-15(18)3)25-10-4-9-21-25/h4-6,9-10,13-14,16H,7-8,11-12H2,1-3H3. The number of nitrogens with zero attached hydrogens (tertiary/aromatic N) is 5. The summed E-state index contributed by atoms with van der Waals surface area (Å²) in [5.41, 5.74) is 1.45.